The Hall–Kier alpha value is -1.59. The number of likely N-dealkylation sites (N-methyl/N-ethyl adjacent to an activating group) is 1. The van der Waals surface area contributed by atoms with Crippen LogP contribution in [0.3, 0.4) is 0 Å². The van der Waals surface area contributed by atoms with Crippen LogP contribution in [0, 0.1) is 0 Å². The highest BCUT2D eigenvalue weighted by molar-refractivity contribution is 5.56. The van der Waals surface area contributed by atoms with Crippen LogP contribution in [0.4, 0.5) is 5.82 Å². The first-order valence-corrected chi connectivity index (χ1v) is 7.22. The summed E-state index contributed by atoms with van der Waals surface area (Å²) >= 11 is 0. The molecule has 5 nitrogen and oxygen atoms in total. The standard InChI is InChI=1S/C15H23N5/c1-16-10-13-15(17-14-6-4-5-8-20(13)14)19-9-7-12(11-19)18(2)3/h4-6,8,12,16H,7,9-11H2,1-3H3. The van der Waals surface area contributed by atoms with Gasteiger partial charge in [0.15, 0.2) is 5.82 Å². The van der Waals surface area contributed by atoms with Crippen LogP contribution in [0.5, 0.6) is 0 Å². The molecule has 1 atom stereocenters. The lowest BCUT2D eigenvalue weighted by molar-refractivity contribution is 0.315. The minimum absolute atomic E-state index is 0.627. The molecule has 2 aromatic rings. The minimum atomic E-state index is 0.627. The molecule has 0 aromatic carbocycles. The van der Waals surface area contributed by atoms with Gasteiger partial charge in [-0.1, -0.05) is 6.07 Å². The van der Waals surface area contributed by atoms with Crippen molar-refractivity contribution in [3.05, 3.63) is 30.1 Å². The molecule has 1 unspecified atom stereocenters. The average Bonchev–Trinajstić information content (AvgIpc) is 3.04. The first-order valence-electron chi connectivity index (χ1n) is 7.22. The van der Waals surface area contributed by atoms with Gasteiger partial charge in [-0.3, -0.25) is 0 Å². The molecule has 5 heteroatoms. The third-order valence-corrected chi connectivity index (χ3v) is 4.15. The number of aromatic nitrogens is 2. The van der Waals surface area contributed by atoms with E-state index in [-0.39, 0.29) is 0 Å². The molecular weight excluding hydrogens is 250 g/mol. The van der Waals surface area contributed by atoms with Gasteiger partial charge in [0.25, 0.3) is 0 Å². The Morgan fingerprint density at radius 3 is 2.95 bits per heavy atom. The Morgan fingerprint density at radius 2 is 2.25 bits per heavy atom. The maximum atomic E-state index is 4.84. The first kappa shape index (κ1) is 13.4. The van der Waals surface area contributed by atoms with Gasteiger partial charge in [-0.2, -0.15) is 0 Å². The molecular formula is C15H23N5. The normalized spacial score (nSPS) is 19.4. The number of pyridine rings is 1. The largest absolute Gasteiger partial charge is 0.353 e. The van der Waals surface area contributed by atoms with E-state index < -0.39 is 0 Å². The van der Waals surface area contributed by atoms with E-state index in [0.717, 1.165) is 31.1 Å². The van der Waals surface area contributed by atoms with Crippen LogP contribution < -0.4 is 10.2 Å². The second-order valence-corrected chi connectivity index (χ2v) is 5.69. The van der Waals surface area contributed by atoms with Crippen LogP contribution in [0.1, 0.15) is 12.1 Å². The van der Waals surface area contributed by atoms with Crippen LogP contribution in [0.2, 0.25) is 0 Å². The smallest absolute Gasteiger partial charge is 0.152 e. The second kappa shape index (κ2) is 5.42. The maximum Gasteiger partial charge on any atom is 0.152 e. The molecule has 0 spiro atoms. The van der Waals surface area contributed by atoms with Crippen molar-refractivity contribution in [3.8, 4) is 0 Å². The highest BCUT2D eigenvalue weighted by Gasteiger charge is 2.27. The molecule has 2 aromatic heterocycles. The predicted molar refractivity (Wildman–Crippen MR) is 82.3 cm³/mol. The summed E-state index contributed by atoms with van der Waals surface area (Å²) in [4.78, 5) is 9.57. The van der Waals surface area contributed by atoms with Crippen molar-refractivity contribution in [2.45, 2.75) is 19.0 Å². The third-order valence-electron chi connectivity index (χ3n) is 4.15. The molecule has 1 saturated heterocycles. The average molecular weight is 273 g/mol. The van der Waals surface area contributed by atoms with Gasteiger partial charge in [0.05, 0.1) is 5.69 Å². The van der Waals surface area contributed by atoms with Crippen molar-refractivity contribution in [3.63, 3.8) is 0 Å². The fourth-order valence-corrected chi connectivity index (χ4v) is 2.97. The SMILES string of the molecule is CNCc1c(N2CCC(N(C)C)C2)nc2ccccn12. The zero-order chi connectivity index (χ0) is 14.1. The summed E-state index contributed by atoms with van der Waals surface area (Å²) < 4.78 is 2.19. The quantitative estimate of drug-likeness (QED) is 0.908. The number of fused-ring (bicyclic) bond motifs is 1. The molecule has 0 amide bonds. The van der Waals surface area contributed by atoms with Crippen molar-refractivity contribution >= 4 is 11.5 Å². The summed E-state index contributed by atoms with van der Waals surface area (Å²) in [5.74, 6) is 1.13. The van der Waals surface area contributed by atoms with E-state index in [4.69, 9.17) is 4.98 Å². The van der Waals surface area contributed by atoms with Crippen molar-refractivity contribution in [1.29, 1.82) is 0 Å². The summed E-state index contributed by atoms with van der Waals surface area (Å²) in [6.45, 7) is 2.99. The van der Waals surface area contributed by atoms with Crippen LogP contribution in [0.15, 0.2) is 24.4 Å². The van der Waals surface area contributed by atoms with Crippen molar-refractivity contribution in [1.82, 2.24) is 19.6 Å². The molecule has 0 saturated carbocycles. The van der Waals surface area contributed by atoms with Gasteiger partial charge in [-0.15, -0.1) is 0 Å². The monoisotopic (exact) mass is 273 g/mol. The van der Waals surface area contributed by atoms with E-state index in [9.17, 15) is 0 Å². The number of imidazole rings is 1. The van der Waals surface area contributed by atoms with E-state index in [2.05, 4.69) is 51.9 Å². The fourth-order valence-electron chi connectivity index (χ4n) is 2.97. The summed E-state index contributed by atoms with van der Waals surface area (Å²) in [6, 6.07) is 6.80. The molecule has 0 bridgehead atoms. The van der Waals surface area contributed by atoms with Crippen molar-refractivity contribution < 1.29 is 0 Å². The molecule has 1 aliphatic rings. The van der Waals surface area contributed by atoms with Gasteiger partial charge in [0, 0.05) is 31.9 Å². The van der Waals surface area contributed by atoms with Gasteiger partial charge in [0.1, 0.15) is 5.65 Å². The molecule has 20 heavy (non-hydrogen) atoms. The molecule has 3 heterocycles. The van der Waals surface area contributed by atoms with Crippen LogP contribution in [-0.4, -0.2) is 54.6 Å². The lowest BCUT2D eigenvalue weighted by atomic mass is 10.2. The lowest BCUT2D eigenvalue weighted by Gasteiger charge is -2.21. The summed E-state index contributed by atoms with van der Waals surface area (Å²) in [6.07, 6.45) is 3.30. The van der Waals surface area contributed by atoms with E-state index in [1.807, 2.05) is 13.1 Å². The van der Waals surface area contributed by atoms with Gasteiger partial charge < -0.3 is 19.5 Å². The molecule has 1 fully saturated rings. The predicted octanol–water partition coefficient (Wildman–Crippen LogP) is 1.19. The maximum absolute atomic E-state index is 4.84. The number of anilines is 1. The van der Waals surface area contributed by atoms with Gasteiger partial charge in [0.2, 0.25) is 0 Å². The fraction of sp³-hybridized carbons (Fsp3) is 0.533. The molecule has 1 aliphatic heterocycles. The second-order valence-electron chi connectivity index (χ2n) is 5.69. The highest BCUT2D eigenvalue weighted by Crippen LogP contribution is 2.26. The number of hydrogen-bond donors (Lipinski definition) is 1. The summed E-state index contributed by atoms with van der Waals surface area (Å²) in [7, 11) is 6.30. The Kier molecular flexibility index (Phi) is 3.63. The summed E-state index contributed by atoms with van der Waals surface area (Å²) in [5.41, 5.74) is 2.28. The molecule has 0 aliphatic carbocycles. The highest BCUT2D eigenvalue weighted by atomic mass is 15.3. The Balaban J connectivity index is 1.96. The van der Waals surface area contributed by atoms with Crippen LogP contribution >= 0.6 is 0 Å². The zero-order valence-corrected chi connectivity index (χ0v) is 12.5. The number of rotatable bonds is 4. The first-order chi connectivity index (χ1) is 9.70. The van der Waals surface area contributed by atoms with Crippen LogP contribution in [-0.2, 0) is 6.54 Å². The summed E-state index contributed by atoms with van der Waals surface area (Å²) in [5, 5.41) is 3.26. The third kappa shape index (κ3) is 2.27. The Morgan fingerprint density at radius 1 is 1.40 bits per heavy atom. The van der Waals surface area contributed by atoms with E-state index in [1.165, 1.54) is 12.1 Å². The number of hydrogen-bond acceptors (Lipinski definition) is 4. The number of nitrogens with zero attached hydrogens (tertiary/aromatic N) is 4. The molecule has 108 valence electrons. The Bertz CT molecular complexity index is 589. The van der Waals surface area contributed by atoms with Gasteiger partial charge in [-0.25, -0.2) is 4.98 Å². The zero-order valence-electron chi connectivity index (χ0n) is 12.5. The molecule has 1 N–H and O–H groups in total. The minimum Gasteiger partial charge on any atom is -0.353 e. The van der Waals surface area contributed by atoms with E-state index >= 15 is 0 Å². The Labute approximate surface area is 120 Å². The van der Waals surface area contributed by atoms with Crippen molar-refractivity contribution in [2.24, 2.45) is 0 Å². The van der Waals surface area contributed by atoms with E-state index in [1.54, 1.807) is 0 Å². The topological polar surface area (TPSA) is 35.8 Å². The number of nitrogens with one attached hydrogen (secondary N) is 1. The van der Waals surface area contributed by atoms with Crippen molar-refractivity contribution in [2.75, 3.05) is 39.1 Å². The molecule has 3 rings (SSSR count). The lowest BCUT2D eigenvalue weighted by Crippen LogP contribution is -2.32. The van der Waals surface area contributed by atoms with Crippen LogP contribution in [0.25, 0.3) is 5.65 Å². The van der Waals surface area contributed by atoms with Gasteiger partial charge >= 0.3 is 0 Å². The van der Waals surface area contributed by atoms with Gasteiger partial charge in [-0.05, 0) is 39.7 Å². The van der Waals surface area contributed by atoms with E-state index in [0.29, 0.717) is 6.04 Å². The molecule has 0 radical (unpaired) electrons.